The van der Waals surface area contributed by atoms with E-state index < -0.39 is 11.6 Å². The van der Waals surface area contributed by atoms with Gasteiger partial charge in [-0.05, 0) is 6.07 Å². The first-order valence-electron chi connectivity index (χ1n) is 4.49. The molecule has 5 nitrogen and oxygen atoms in total. The molecule has 0 bridgehead atoms. The van der Waals surface area contributed by atoms with Crippen LogP contribution in [0.1, 0.15) is 0 Å². The molecular formula is C10H10FN3O2. The van der Waals surface area contributed by atoms with Gasteiger partial charge in [0, 0.05) is 17.2 Å². The molecule has 0 unspecified atom stereocenters. The van der Waals surface area contributed by atoms with Gasteiger partial charge in [-0.15, -0.1) is 0 Å². The molecule has 16 heavy (non-hydrogen) atoms. The first-order chi connectivity index (χ1) is 7.63. The molecule has 0 atom stereocenters. The van der Waals surface area contributed by atoms with Crippen LogP contribution in [0.2, 0.25) is 0 Å². The number of aromatic hydroxyl groups is 1. The largest absolute Gasteiger partial charge is 0.505 e. The van der Waals surface area contributed by atoms with Gasteiger partial charge in [0.1, 0.15) is 11.6 Å². The average molecular weight is 223 g/mol. The topological polar surface area (TPSA) is 84.2 Å². The van der Waals surface area contributed by atoms with Crippen LogP contribution in [-0.4, -0.2) is 22.4 Å². The van der Waals surface area contributed by atoms with E-state index in [9.17, 15) is 9.50 Å². The number of halogens is 1. The Balaban J connectivity index is 2.64. The molecular weight excluding hydrogens is 213 g/mol. The summed E-state index contributed by atoms with van der Waals surface area (Å²) in [7, 11) is 1.41. The Hall–Kier alpha value is -2.24. The number of phenols is 1. The fraction of sp³-hybridized carbons (Fsp3) is 0.100. The number of phenolic OH excluding ortho intramolecular Hbond substituents is 1. The van der Waals surface area contributed by atoms with Crippen LogP contribution < -0.4 is 10.5 Å². The summed E-state index contributed by atoms with van der Waals surface area (Å²) in [4.78, 5) is 0. The number of benzene rings is 1. The molecule has 0 saturated heterocycles. The Morgan fingerprint density at radius 2 is 2.19 bits per heavy atom. The van der Waals surface area contributed by atoms with Crippen LogP contribution >= 0.6 is 0 Å². The van der Waals surface area contributed by atoms with Gasteiger partial charge in [-0.3, -0.25) is 5.10 Å². The zero-order valence-electron chi connectivity index (χ0n) is 8.49. The summed E-state index contributed by atoms with van der Waals surface area (Å²) < 4.78 is 18.1. The van der Waals surface area contributed by atoms with E-state index in [-0.39, 0.29) is 5.75 Å². The number of nitrogens with zero attached hydrogens (tertiary/aromatic N) is 1. The predicted octanol–water partition coefficient (Wildman–Crippen LogP) is 1.51. The van der Waals surface area contributed by atoms with Gasteiger partial charge in [-0.1, -0.05) is 0 Å². The molecule has 4 N–H and O–H groups in total. The number of nitrogens with two attached hydrogens (primary N) is 1. The van der Waals surface area contributed by atoms with Crippen LogP contribution in [0.25, 0.3) is 11.1 Å². The number of H-pyrrole nitrogens is 1. The van der Waals surface area contributed by atoms with Crippen LogP contribution in [0, 0.1) is 5.82 Å². The average Bonchev–Trinajstić information content (AvgIpc) is 2.68. The normalized spacial score (nSPS) is 10.4. The summed E-state index contributed by atoms with van der Waals surface area (Å²) in [5, 5.41) is 15.6. The highest BCUT2D eigenvalue weighted by Crippen LogP contribution is 2.36. The van der Waals surface area contributed by atoms with E-state index in [0.29, 0.717) is 16.9 Å². The van der Waals surface area contributed by atoms with Gasteiger partial charge in [-0.2, -0.15) is 5.10 Å². The van der Waals surface area contributed by atoms with E-state index in [2.05, 4.69) is 10.2 Å². The number of ether oxygens (including phenoxy) is 1. The molecule has 0 aliphatic rings. The molecule has 0 fully saturated rings. The number of aromatic amines is 1. The molecule has 0 amide bonds. The molecule has 0 aliphatic heterocycles. The van der Waals surface area contributed by atoms with Crippen molar-refractivity contribution in [1.29, 1.82) is 0 Å². The number of aromatic nitrogens is 2. The molecule has 2 aromatic rings. The summed E-state index contributed by atoms with van der Waals surface area (Å²) >= 11 is 0. The molecule has 0 radical (unpaired) electrons. The van der Waals surface area contributed by atoms with Gasteiger partial charge in [0.15, 0.2) is 11.6 Å². The highest BCUT2D eigenvalue weighted by Gasteiger charge is 2.14. The molecule has 84 valence electrons. The summed E-state index contributed by atoms with van der Waals surface area (Å²) in [5.74, 6) is -0.605. The number of methoxy groups -OCH3 is 1. The quantitative estimate of drug-likeness (QED) is 0.720. The summed E-state index contributed by atoms with van der Waals surface area (Å²) in [6.45, 7) is 0. The Morgan fingerprint density at radius 1 is 1.44 bits per heavy atom. The number of hydrogen-bond donors (Lipinski definition) is 3. The minimum atomic E-state index is -0.748. The SMILES string of the molecule is COc1cc(F)c(O)cc1-c1cn[nH]c1N. The fourth-order valence-corrected chi connectivity index (χ4v) is 1.43. The third kappa shape index (κ3) is 1.54. The highest BCUT2D eigenvalue weighted by molar-refractivity contribution is 5.79. The molecule has 0 spiro atoms. The fourth-order valence-electron chi connectivity index (χ4n) is 1.43. The standard InChI is InChI=1S/C10H10FN3O2/c1-16-9-3-7(11)8(15)2-5(9)6-4-13-14-10(6)12/h2-4,15H,1H3,(H3,12,13,14). The summed E-state index contributed by atoms with van der Waals surface area (Å²) in [5.41, 5.74) is 6.66. The van der Waals surface area contributed by atoms with Gasteiger partial charge in [0.2, 0.25) is 0 Å². The highest BCUT2D eigenvalue weighted by atomic mass is 19.1. The van der Waals surface area contributed by atoms with Crippen molar-refractivity contribution in [3.63, 3.8) is 0 Å². The van der Waals surface area contributed by atoms with Crippen molar-refractivity contribution in [2.45, 2.75) is 0 Å². The van der Waals surface area contributed by atoms with Crippen LogP contribution in [0.4, 0.5) is 10.2 Å². The Kier molecular flexibility index (Phi) is 2.40. The first-order valence-corrected chi connectivity index (χ1v) is 4.49. The van der Waals surface area contributed by atoms with Crippen LogP contribution in [-0.2, 0) is 0 Å². The lowest BCUT2D eigenvalue weighted by molar-refractivity contribution is 0.401. The van der Waals surface area contributed by atoms with Crippen LogP contribution in [0.5, 0.6) is 11.5 Å². The second kappa shape index (κ2) is 3.73. The number of anilines is 1. The lowest BCUT2D eigenvalue weighted by Gasteiger charge is -2.08. The third-order valence-electron chi connectivity index (χ3n) is 2.23. The van der Waals surface area contributed by atoms with E-state index in [4.69, 9.17) is 10.5 Å². The number of nitrogens with one attached hydrogen (secondary N) is 1. The molecule has 1 aromatic carbocycles. The van der Waals surface area contributed by atoms with E-state index in [1.54, 1.807) is 0 Å². The van der Waals surface area contributed by atoms with E-state index in [1.165, 1.54) is 19.4 Å². The first kappa shape index (κ1) is 10.3. The second-order valence-electron chi connectivity index (χ2n) is 3.20. The minimum absolute atomic E-state index is 0.281. The Morgan fingerprint density at radius 3 is 2.75 bits per heavy atom. The lowest BCUT2D eigenvalue weighted by Crippen LogP contribution is -1.92. The van der Waals surface area contributed by atoms with Crippen molar-refractivity contribution in [1.82, 2.24) is 10.2 Å². The smallest absolute Gasteiger partial charge is 0.168 e. The van der Waals surface area contributed by atoms with Crippen molar-refractivity contribution in [2.24, 2.45) is 0 Å². The number of rotatable bonds is 2. The molecule has 2 rings (SSSR count). The Bertz CT molecular complexity index is 525. The monoisotopic (exact) mass is 223 g/mol. The maximum Gasteiger partial charge on any atom is 0.168 e. The van der Waals surface area contributed by atoms with Crippen molar-refractivity contribution in [3.05, 3.63) is 24.1 Å². The van der Waals surface area contributed by atoms with Gasteiger partial charge in [-0.25, -0.2) is 4.39 Å². The zero-order valence-corrected chi connectivity index (χ0v) is 8.49. The minimum Gasteiger partial charge on any atom is -0.505 e. The predicted molar refractivity (Wildman–Crippen MR) is 56.6 cm³/mol. The third-order valence-corrected chi connectivity index (χ3v) is 2.23. The second-order valence-corrected chi connectivity index (χ2v) is 3.20. The van der Waals surface area contributed by atoms with Crippen molar-refractivity contribution >= 4 is 5.82 Å². The maximum atomic E-state index is 13.1. The summed E-state index contributed by atoms with van der Waals surface area (Å²) in [6.07, 6.45) is 1.48. The molecule has 0 saturated carbocycles. The van der Waals surface area contributed by atoms with Gasteiger partial charge < -0.3 is 15.6 Å². The molecule has 6 heteroatoms. The van der Waals surface area contributed by atoms with E-state index in [0.717, 1.165) is 6.07 Å². The van der Waals surface area contributed by atoms with Gasteiger partial charge in [0.25, 0.3) is 0 Å². The Labute approximate surface area is 90.7 Å². The van der Waals surface area contributed by atoms with Crippen molar-refractivity contribution in [3.8, 4) is 22.6 Å². The maximum absolute atomic E-state index is 13.1. The summed E-state index contributed by atoms with van der Waals surface area (Å²) in [6, 6.07) is 2.34. The molecule has 1 heterocycles. The number of hydrogen-bond acceptors (Lipinski definition) is 4. The molecule has 0 aliphatic carbocycles. The number of nitrogen functional groups attached to an aromatic ring is 1. The van der Waals surface area contributed by atoms with E-state index >= 15 is 0 Å². The zero-order chi connectivity index (χ0) is 11.7. The van der Waals surface area contributed by atoms with Gasteiger partial charge >= 0.3 is 0 Å². The lowest BCUT2D eigenvalue weighted by atomic mass is 10.1. The van der Waals surface area contributed by atoms with Crippen LogP contribution in [0.3, 0.4) is 0 Å². The van der Waals surface area contributed by atoms with Crippen LogP contribution in [0.15, 0.2) is 18.3 Å². The van der Waals surface area contributed by atoms with E-state index in [1.807, 2.05) is 0 Å². The van der Waals surface area contributed by atoms with Crippen molar-refractivity contribution in [2.75, 3.05) is 12.8 Å². The van der Waals surface area contributed by atoms with Crippen molar-refractivity contribution < 1.29 is 14.2 Å². The van der Waals surface area contributed by atoms with Gasteiger partial charge in [0.05, 0.1) is 13.3 Å². The molecule has 1 aromatic heterocycles.